The van der Waals surface area contributed by atoms with Gasteiger partial charge in [0, 0.05) is 0 Å². The van der Waals surface area contributed by atoms with Crippen molar-refractivity contribution in [1.29, 1.82) is 0 Å². The second-order valence-corrected chi connectivity index (χ2v) is 4.92. The molecule has 0 N–H and O–H groups in total. The van der Waals surface area contributed by atoms with Gasteiger partial charge in [0.15, 0.2) is 0 Å². The predicted molar refractivity (Wildman–Crippen MR) is 87.7 cm³/mol. The minimum atomic E-state index is -0.922. The number of ether oxygens (including phenoxy) is 3. The number of rotatable bonds is 3. The van der Waals surface area contributed by atoms with Crippen LogP contribution < -0.4 is 4.74 Å². The zero-order valence-corrected chi connectivity index (χ0v) is 14.9. The number of nitrogens with zero attached hydrogens (tertiary/aromatic N) is 2. The molecule has 0 atom stereocenters. The normalized spacial score (nSPS) is 9.52. The van der Waals surface area contributed by atoms with Gasteiger partial charge in [-0.3, -0.25) is 0 Å². The molecule has 0 aliphatic rings. The van der Waals surface area contributed by atoms with E-state index in [-0.39, 0.29) is 27.3 Å². The summed E-state index contributed by atoms with van der Waals surface area (Å²) in [6, 6.07) is 5.53. The van der Waals surface area contributed by atoms with Crippen LogP contribution in [0.5, 0.6) is 5.88 Å². The van der Waals surface area contributed by atoms with Crippen molar-refractivity contribution < 1.29 is 28.2 Å². The summed E-state index contributed by atoms with van der Waals surface area (Å²) in [6.07, 6.45) is 0. The zero-order valence-electron chi connectivity index (χ0n) is 13.4. The minimum absolute atomic E-state index is 0.000142. The van der Waals surface area contributed by atoms with Gasteiger partial charge in [0.1, 0.15) is 21.4 Å². The number of carbonyl (C=O) groups excluding carboxylic acids is 2. The molecule has 0 amide bonds. The van der Waals surface area contributed by atoms with Gasteiger partial charge in [-0.05, 0) is 24.3 Å². The molecule has 0 saturated heterocycles. The maximum Gasteiger partial charge on any atom is 0.343 e. The van der Waals surface area contributed by atoms with Gasteiger partial charge in [-0.25, -0.2) is 19.6 Å². The van der Waals surface area contributed by atoms with Gasteiger partial charge in [0.05, 0.1) is 21.3 Å². The van der Waals surface area contributed by atoms with Crippen LogP contribution in [-0.4, -0.2) is 43.2 Å². The fourth-order valence-electron chi connectivity index (χ4n) is 1.51. The summed E-state index contributed by atoms with van der Waals surface area (Å²) in [7, 11) is 3.86. The van der Waals surface area contributed by atoms with E-state index >= 15 is 0 Å². The number of carbonyl (C=O) groups is 2. The second-order valence-electron chi connectivity index (χ2n) is 4.15. The summed E-state index contributed by atoms with van der Waals surface area (Å²) >= 11 is 11.0. The zero-order chi connectivity index (χ0) is 19.0. The molecule has 7 nitrogen and oxygen atoms in total. The van der Waals surface area contributed by atoms with Gasteiger partial charge in [0.2, 0.25) is 11.8 Å². The summed E-state index contributed by atoms with van der Waals surface area (Å²) in [6.45, 7) is 0. The monoisotopic (exact) mass is 390 g/mol. The van der Waals surface area contributed by atoms with Crippen LogP contribution >= 0.6 is 23.2 Å². The van der Waals surface area contributed by atoms with E-state index in [1.807, 2.05) is 0 Å². The van der Waals surface area contributed by atoms with Gasteiger partial charge in [-0.2, -0.15) is 4.39 Å². The van der Waals surface area contributed by atoms with Crippen molar-refractivity contribution in [3.05, 3.63) is 51.6 Å². The molecule has 0 bridgehead atoms. The van der Waals surface area contributed by atoms with Crippen LogP contribution in [0.4, 0.5) is 4.39 Å². The van der Waals surface area contributed by atoms with Crippen LogP contribution in [0.1, 0.15) is 20.7 Å². The summed E-state index contributed by atoms with van der Waals surface area (Å²) in [5.41, 5.74) is 0.0382. The highest BCUT2D eigenvalue weighted by molar-refractivity contribution is 6.29. The summed E-state index contributed by atoms with van der Waals surface area (Å²) in [4.78, 5) is 29.0. The molecule has 134 valence electrons. The average molecular weight is 391 g/mol. The first-order valence-electron chi connectivity index (χ1n) is 6.53. The SMILES string of the molecule is COC(=O)c1ccc(Cl)nc1F.COC(=O)c1ccc(Cl)nc1OC. The number of hydrogen-bond acceptors (Lipinski definition) is 7. The van der Waals surface area contributed by atoms with Gasteiger partial charge < -0.3 is 14.2 Å². The fourth-order valence-corrected chi connectivity index (χ4v) is 1.79. The van der Waals surface area contributed by atoms with Gasteiger partial charge >= 0.3 is 11.9 Å². The van der Waals surface area contributed by atoms with E-state index in [0.717, 1.165) is 7.11 Å². The number of hydrogen-bond donors (Lipinski definition) is 0. The molecular formula is C15H13Cl2FN2O5. The van der Waals surface area contributed by atoms with Crippen LogP contribution in [0.3, 0.4) is 0 Å². The number of pyridine rings is 2. The third-order valence-corrected chi connectivity index (χ3v) is 3.07. The maximum atomic E-state index is 12.8. The molecule has 0 aromatic carbocycles. The average Bonchev–Trinajstić information content (AvgIpc) is 2.60. The van der Waals surface area contributed by atoms with Crippen molar-refractivity contribution in [2.45, 2.75) is 0 Å². The van der Waals surface area contributed by atoms with Crippen LogP contribution in [0, 0.1) is 5.95 Å². The molecule has 25 heavy (non-hydrogen) atoms. The Labute approximate surface area is 152 Å². The topological polar surface area (TPSA) is 87.6 Å². The van der Waals surface area contributed by atoms with Crippen LogP contribution in [0.15, 0.2) is 24.3 Å². The highest BCUT2D eigenvalue weighted by atomic mass is 35.5. The lowest BCUT2D eigenvalue weighted by molar-refractivity contribution is 0.0586. The quantitative estimate of drug-likeness (QED) is 0.587. The Morgan fingerprint density at radius 2 is 1.36 bits per heavy atom. The van der Waals surface area contributed by atoms with E-state index in [4.69, 9.17) is 27.9 Å². The predicted octanol–water partition coefficient (Wildman–Crippen LogP) is 3.19. The molecule has 2 aromatic heterocycles. The Hall–Kier alpha value is -2.45. The van der Waals surface area contributed by atoms with Crippen molar-refractivity contribution >= 4 is 35.1 Å². The first-order chi connectivity index (χ1) is 11.8. The lowest BCUT2D eigenvalue weighted by Gasteiger charge is -2.04. The molecule has 0 unspecified atom stereocenters. The van der Waals surface area contributed by atoms with Crippen molar-refractivity contribution in [1.82, 2.24) is 9.97 Å². The van der Waals surface area contributed by atoms with Crippen molar-refractivity contribution in [2.24, 2.45) is 0 Å². The van der Waals surface area contributed by atoms with Gasteiger partial charge in [-0.15, -0.1) is 0 Å². The highest BCUT2D eigenvalue weighted by Gasteiger charge is 2.14. The van der Waals surface area contributed by atoms with Gasteiger partial charge in [-0.1, -0.05) is 23.2 Å². The highest BCUT2D eigenvalue weighted by Crippen LogP contribution is 2.18. The van der Waals surface area contributed by atoms with E-state index in [2.05, 4.69) is 19.4 Å². The second kappa shape index (κ2) is 9.75. The third kappa shape index (κ3) is 5.84. The first kappa shape index (κ1) is 20.6. The number of aromatic nitrogens is 2. The molecule has 0 saturated carbocycles. The van der Waals surface area contributed by atoms with Crippen LogP contribution in [-0.2, 0) is 9.47 Å². The molecule has 2 aromatic rings. The van der Waals surface area contributed by atoms with E-state index in [0.29, 0.717) is 0 Å². The molecule has 0 aliphatic carbocycles. The Balaban J connectivity index is 0.000000251. The Kier molecular flexibility index (Phi) is 8.03. The lowest BCUT2D eigenvalue weighted by atomic mass is 10.3. The molecule has 2 heterocycles. The van der Waals surface area contributed by atoms with E-state index in [1.54, 1.807) is 0 Å². The molecule has 10 heteroatoms. The van der Waals surface area contributed by atoms with Crippen molar-refractivity contribution in [3.63, 3.8) is 0 Å². The van der Waals surface area contributed by atoms with Gasteiger partial charge in [0.25, 0.3) is 0 Å². The first-order valence-corrected chi connectivity index (χ1v) is 7.28. The molecule has 0 aliphatic heterocycles. The molecule has 2 rings (SSSR count). The van der Waals surface area contributed by atoms with E-state index in [9.17, 15) is 14.0 Å². The Morgan fingerprint density at radius 1 is 0.880 bits per heavy atom. The molecule has 0 radical (unpaired) electrons. The largest absolute Gasteiger partial charge is 0.480 e. The number of esters is 2. The Bertz CT molecular complexity index is 774. The summed E-state index contributed by atoms with van der Waals surface area (Å²) < 4.78 is 26.5. The summed E-state index contributed by atoms with van der Waals surface area (Å²) in [5, 5.41) is 0.268. The smallest absolute Gasteiger partial charge is 0.343 e. The Morgan fingerprint density at radius 3 is 1.84 bits per heavy atom. The fraction of sp³-hybridized carbons (Fsp3) is 0.200. The van der Waals surface area contributed by atoms with Crippen molar-refractivity contribution in [3.8, 4) is 5.88 Å². The van der Waals surface area contributed by atoms with Crippen molar-refractivity contribution in [2.75, 3.05) is 21.3 Å². The number of halogens is 3. The van der Waals surface area contributed by atoms with Crippen LogP contribution in [0.2, 0.25) is 10.3 Å². The standard InChI is InChI=1S/C8H8ClNO3.C7H5ClFNO2/c1-12-7-5(8(11)13-2)3-4-6(9)10-7;1-12-7(11)4-2-3-5(8)10-6(4)9/h3-4H,1-2H3;2-3H,1H3. The molecule has 0 spiro atoms. The lowest BCUT2D eigenvalue weighted by Crippen LogP contribution is -2.05. The number of methoxy groups -OCH3 is 3. The maximum absolute atomic E-state index is 12.8. The summed E-state index contributed by atoms with van der Waals surface area (Å²) in [5.74, 6) is -2.02. The molecular weight excluding hydrogens is 378 g/mol. The third-order valence-electron chi connectivity index (χ3n) is 2.65. The van der Waals surface area contributed by atoms with E-state index in [1.165, 1.54) is 38.5 Å². The minimum Gasteiger partial charge on any atom is -0.480 e. The molecule has 0 fully saturated rings. The van der Waals surface area contributed by atoms with E-state index < -0.39 is 17.9 Å². The van der Waals surface area contributed by atoms with Crippen LogP contribution in [0.25, 0.3) is 0 Å².